The highest BCUT2D eigenvalue weighted by atomic mass is 19.2. The van der Waals surface area contributed by atoms with Gasteiger partial charge in [-0.1, -0.05) is 13.3 Å². The third-order valence-electron chi connectivity index (χ3n) is 4.08. The monoisotopic (exact) mass is 308 g/mol. The molecule has 2 N–H and O–H groups in total. The first kappa shape index (κ1) is 16.2. The molecule has 2 nitrogen and oxygen atoms in total. The third kappa shape index (κ3) is 3.03. The second kappa shape index (κ2) is 6.27. The van der Waals surface area contributed by atoms with E-state index < -0.39 is 34.6 Å². The van der Waals surface area contributed by atoms with E-state index in [2.05, 4.69) is 0 Å². The highest BCUT2D eigenvalue weighted by molar-refractivity contribution is 5.24. The van der Waals surface area contributed by atoms with Gasteiger partial charge in [0.1, 0.15) is 0 Å². The number of halogens is 5. The molecular formula is C14H17F5N2. The van der Waals surface area contributed by atoms with Crippen LogP contribution >= 0.6 is 0 Å². The lowest BCUT2D eigenvalue weighted by Gasteiger charge is -2.36. The van der Waals surface area contributed by atoms with Crippen LogP contribution in [-0.4, -0.2) is 24.0 Å². The maximum Gasteiger partial charge on any atom is 0.200 e. The van der Waals surface area contributed by atoms with Crippen molar-refractivity contribution < 1.29 is 22.0 Å². The largest absolute Gasteiger partial charge is 0.327 e. The topological polar surface area (TPSA) is 29.3 Å². The minimum Gasteiger partial charge on any atom is -0.327 e. The molecule has 1 fully saturated rings. The summed E-state index contributed by atoms with van der Waals surface area (Å²) >= 11 is 0. The van der Waals surface area contributed by atoms with Crippen molar-refractivity contribution in [2.45, 2.75) is 32.4 Å². The number of rotatable bonds is 3. The average molecular weight is 308 g/mol. The molecule has 0 saturated carbocycles. The normalized spacial score (nSPS) is 23.6. The van der Waals surface area contributed by atoms with E-state index in [1.54, 1.807) is 4.90 Å². The fraction of sp³-hybridized carbons (Fsp3) is 0.571. The van der Waals surface area contributed by atoms with Crippen molar-refractivity contribution in [3.05, 3.63) is 34.6 Å². The van der Waals surface area contributed by atoms with E-state index >= 15 is 0 Å². The van der Waals surface area contributed by atoms with E-state index in [4.69, 9.17) is 5.73 Å². The summed E-state index contributed by atoms with van der Waals surface area (Å²) in [6.07, 6.45) is 1.43. The zero-order chi connectivity index (χ0) is 15.7. The molecule has 1 aromatic carbocycles. The molecule has 1 aliphatic heterocycles. The number of hydrogen-bond donors (Lipinski definition) is 1. The Balaban J connectivity index is 2.24. The van der Waals surface area contributed by atoms with E-state index in [0.29, 0.717) is 19.5 Å². The van der Waals surface area contributed by atoms with Gasteiger partial charge < -0.3 is 5.73 Å². The smallest absolute Gasteiger partial charge is 0.200 e. The Morgan fingerprint density at radius 3 is 2.05 bits per heavy atom. The molecular weight excluding hydrogens is 291 g/mol. The Morgan fingerprint density at radius 1 is 1.00 bits per heavy atom. The van der Waals surface area contributed by atoms with Crippen LogP contribution in [0.25, 0.3) is 0 Å². The molecule has 1 aromatic rings. The molecule has 0 aromatic heterocycles. The van der Waals surface area contributed by atoms with Gasteiger partial charge in [-0.15, -0.1) is 0 Å². The molecule has 0 bridgehead atoms. The number of piperidine rings is 1. The average Bonchev–Trinajstić information content (AvgIpc) is 2.49. The third-order valence-corrected chi connectivity index (χ3v) is 4.08. The highest BCUT2D eigenvalue weighted by Gasteiger charge is 2.30. The summed E-state index contributed by atoms with van der Waals surface area (Å²) in [5.41, 5.74) is 5.15. The van der Waals surface area contributed by atoms with Crippen LogP contribution in [0.5, 0.6) is 0 Å². The molecule has 0 amide bonds. The van der Waals surface area contributed by atoms with Gasteiger partial charge in [-0.2, -0.15) is 0 Å². The van der Waals surface area contributed by atoms with Crippen molar-refractivity contribution in [2.24, 2.45) is 11.7 Å². The number of benzene rings is 1. The van der Waals surface area contributed by atoms with Crippen LogP contribution in [0.3, 0.4) is 0 Å². The fourth-order valence-corrected chi connectivity index (χ4v) is 2.71. The quantitative estimate of drug-likeness (QED) is 0.528. The Hall–Kier alpha value is -1.21. The van der Waals surface area contributed by atoms with Gasteiger partial charge >= 0.3 is 0 Å². The predicted octanol–water partition coefficient (Wildman–Crippen LogP) is 2.94. The van der Waals surface area contributed by atoms with Gasteiger partial charge in [0.25, 0.3) is 0 Å². The summed E-state index contributed by atoms with van der Waals surface area (Å²) in [6.45, 7) is 2.59. The minimum absolute atomic E-state index is 0.00244. The highest BCUT2D eigenvalue weighted by Crippen LogP contribution is 2.26. The van der Waals surface area contributed by atoms with E-state index in [9.17, 15) is 22.0 Å². The van der Waals surface area contributed by atoms with Crippen molar-refractivity contribution in [3.8, 4) is 0 Å². The second-order valence-electron chi connectivity index (χ2n) is 5.40. The second-order valence-corrected chi connectivity index (χ2v) is 5.40. The molecule has 0 radical (unpaired) electrons. The molecule has 0 aliphatic carbocycles. The molecule has 1 aliphatic rings. The SMILES string of the molecule is CCC1CN(Cc2c(F)c(F)c(F)c(F)c2F)CCC1N. The minimum atomic E-state index is -2.12. The Kier molecular flexibility index (Phi) is 4.83. The van der Waals surface area contributed by atoms with Crippen LogP contribution < -0.4 is 5.73 Å². The van der Waals surface area contributed by atoms with Crippen molar-refractivity contribution >= 4 is 0 Å². The standard InChI is InChI=1S/C14H17F5N2/c1-2-7-5-21(4-3-9(7)20)6-8-10(15)12(17)14(19)13(18)11(8)16/h7,9H,2-6,20H2,1H3. The fourth-order valence-electron chi connectivity index (χ4n) is 2.71. The van der Waals surface area contributed by atoms with Crippen LogP contribution in [0.15, 0.2) is 0 Å². The maximum atomic E-state index is 13.6. The van der Waals surface area contributed by atoms with Crippen molar-refractivity contribution in [1.29, 1.82) is 0 Å². The van der Waals surface area contributed by atoms with E-state index in [-0.39, 0.29) is 18.5 Å². The summed E-state index contributed by atoms with van der Waals surface area (Å²) < 4.78 is 66.6. The van der Waals surface area contributed by atoms with E-state index in [0.717, 1.165) is 6.42 Å². The van der Waals surface area contributed by atoms with Crippen LogP contribution in [0.4, 0.5) is 22.0 Å². The van der Waals surface area contributed by atoms with Crippen LogP contribution in [0, 0.1) is 35.0 Å². The van der Waals surface area contributed by atoms with Gasteiger partial charge in [0.15, 0.2) is 23.3 Å². The predicted molar refractivity (Wildman–Crippen MR) is 67.9 cm³/mol. The molecule has 1 heterocycles. The Labute approximate surface area is 119 Å². The van der Waals surface area contributed by atoms with Gasteiger partial charge in [-0.25, -0.2) is 22.0 Å². The van der Waals surface area contributed by atoms with Crippen LogP contribution in [-0.2, 0) is 6.54 Å². The number of nitrogens with two attached hydrogens (primary N) is 1. The number of hydrogen-bond acceptors (Lipinski definition) is 2. The van der Waals surface area contributed by atoms with Gasteiger partial charge in [0.2, 0.25) is 5.82 Å². The van der Waals surface area contributed by atoms with Crippen molar-refractivity contribution in [3.63, 3.8) is 0 Å². The van der Waals surface area contributed by atoms with Gasteiger partial charge in [0.05, 0.1) is 0 Å². The Morgan fingerprint density at radius 2 is 1.52 bits per heavy atom. The Bertz CT molecular complexity index is 506. The molecule has 0 spiro atoms. The van der Waals surface area contributed by atoms with Crippen molar-refractivity contribution in [1.82, 2.24) is 4.90 Å². The first-order valence-corrected chi connectivity index (χ1v) is 6.85. The molecule has 2 atom stereocenters. The lowest BCUT2D eigenvalue weighted by molar-refractivity contribution is 0.141. The zero-order valence-electron chi connectivity index (χ0n) is 11.6. The first-order chi connectivity index (χ1) is 9.86. The van der Waals surface area contributed by atoms with E-state index in [1.807, 2.05) is 6.92 Å². The molecule has 118 valence electrons. The molecule has 7 heteroatoms. The first-order valence-electron chi connectivity index (χ1n) is 6.85. The maximum absolute atomic E-state index is 13.6. The zero-order valence-corrected chi connectivity index (χ0v) is 11.6. The molecule has 2 unspecified atom stereocenters. The summed E-state index contributed by atoms with van der Waals surface area (Å²) in [6, 6.07) is 0.00244. The number of nitrogens with zero attached hydrogens (tertiary/aromatic N) is 1. The van der Waals surface area contributed by atoms with Gasteiger partial charge in [0, 0.05) is 24.7 Å². The lowest BCUT2D eigenvalue weighted by atomic mass is 9.90. The van der Waals surface area contributed by atoms with Gasteiger partial charge in [-0.05, 0) is 18.9 Å². The summed E-state index contributed by atoms with van der Waals surface area (Å²) in [4.78, 5) is 1.68. The summed E-state index contributed by atoms with van der Waals surface area (Å²) in [5.74, 6) is -9.28. The summed E-state index contributed by atoms with van der Waals surface area (Å²) in [5, 5.41) is 0. The molecule has 2 rings (SSSR count). The molecule has 21 heavy (non-hydrogen) atoms. The summed E-state index contributed by atoms with van der Waals surface area (Å²) in [7, 11) is 0. The van der Waals surface area contributed by atoms with E-state index in [1.165, 1.54) is 0 Å². The van der Waals surface area contributed by atoms with Crippen molar-refractivity contribution in [2.75, 3.05) is 13.1 Å². The van der Waals surface area contributed by atoms with Crippen LogP contribution in [0.1, 0.15) is 25.3 Å². The van der Waals surface area contributed by atoms with Crippen LogP contribution in [0.2, 0.25) is 0 Å². The molecule has 1 saturated heterocycles. The lowest BCUT2D eigenvalue weighted by Crippen LogP contribution is -2.46. The number of likely N-dealkylation sites (tertiary alicyclic amines) is 1. The van der Waals surface area contributed by atoms with Gasteiger partial charge in [-0.3, -0.25) is 4.90 Å².